The van der Waals surface area contributed by atoms with E-state index in [1.165, 1.54) is 18.2 Å². The molecular weight excluding hydrogens is 405 g/mol. The van der Waals surface area contributed by atoms with Crippen LogP contribution in [-0.2, 0) is 14.8 Å². The van der Waals surface area contributed by atoms with Crippen molar-refractivity contribution in [3.05, 3.63) is 35.1 Å². The molecule has 0 unspecified atom stereocenters. The topological polar surface area (TPSA) is 92.3 Å². The van der Waals surface area contributed by atoms with Gasteiger partial charge in [0.15, 0.2) is 5.01 Å². The molecule has 12 heteroatoms. The molecule has 1 N–H and O–H groups in total. The lowest BCUT2D eigenvalue weighted by Crippen LogP contribution is -2.41. The number of piperidine rings is 1. The molecule has 0 saturated carbocycles. The second kappa shape index (κ2) is 7.90. The molecule has 1 amide bonds. The Morgan fingerprint density at radius 3 is 2.48 bits per heavy atom. The first-order valence-corrected chi connectivity index (χ1v) is 10.2. The number of alkyl halides is 2. The SMILES string of the molecule is O=C(Nc1nnc(C(F)F)s1)C1CCN(S(=O)(=O)c2ccccc2F)CC1. The van der Waals surface area contributed by atoms with Crippen LogP contribution < -0.4 is 5.32 Å². The molecule has 1 aromatic carbocycles. The van der Waals surface area contributed by atoms with Gasteiger partial charge < -0.3 is 5.32 Å². The Hall–Kier alpha value is -2.05. The minimum Gasteiger partial charge on any atom is -0.300 e. The lowest BCUT2D eigenvalue weighted by Gasteiger charge is -2.30. The monoisotopic (exact) mass is 420 g/mol. The highest BCUT2D eigenvalue weighted by molar-refractivity contribution is 7.89. The highest BCUT2D eigenvalue weighted by Crippen LogP contribution is 2.28. The van der Waals surface area contributed by atoms with E-state index in [1.54, 1.807) is 0 Å². The summed E-state index contributed by atoms with van der Waals surface area (Å²) in [7, 11) is -3.98. The third-order valence-electron chi connectivity index (χ3n) is 4.14. The van der Waals surface area contributed by atoms with Crippen molar-refractivity contribution in [2.75, 3.05) is 18.4 Å². The predicted octanol–water partition coefficient (Wildman–Crippen LogP) is 2.65. The zero-order chi connectivity index (χ0) is 19.6. The van der Waals surface area contributed by atoms with Gasteiger partial charge in [-0.05, 0) is 25.0 Å². The molecule has 146 valence electrons. The number of carbonyl (C=O) groups is 1. The van der Waals surface area contributed by atoms with Gasteiger partial charge in [-0.1, -0.05) is 23.5 Å². The van der Waals surface area contributed by atoms with Crippen molar-refractivity contribution in [1.82, 2.24) is 14.5 Å². The third-order valence-corrected chi connectivity index (χ3v) is 6.91. The van der Waals surface area contributed by atoms with Crippen molar-refractivity contribution < 1.29 is 26.4 Å². The molecule has 7 nitrogen and oxygen atoms in total. The van der Waals surface area contributed by atoms with Crippen LogP contribution in [0, 0.1) is 11.7 Å². The van der Waals surface area contributed by atoms with E-state index >= 15 is 0 Å². The molecule has 1 fully saturated rings. The molecule has 1 aliphatic rings. The van der Waals surface area contributed by atoms with Gasteiger partial charge in [0, 0.05) is 19.0 Å². The number of amides is 1. The largest absolute Gasteiger partial charge is 0.300 e. The summed E-state index contributed by atoms with van der Waals surface area (Å²) in [6, 6.07) is 5.10. The average molecular weight is 420 g/mol. The second-order valence-corrected chi connectivity index (χ2v) is 8.76. The van der Waals surface area contributed by atoms with Gasteiger partial charge in [0.2, 0.25) is 21.1 Å². The molecule has 0 spiro atoms. The molecule has 1 saturated heterocycles. The number of halogens is 3. The van der Waals surface area contributed by atoms with Crippen molar-refractivity contribution in [3.63, 3.8) is 0 Å². The standard InChI is InChI=1S/C15H15F3N4O3S2/c16-10-3-1-2-4-11(10)27(24,25)22-7-5-9(6-8-22)13(23)19-15-21-20-14(26-15)12(17)18/h1-4,9,12H,5-8H2,(H,19,21,23). The lowest BCUT2D eigenvalue weighted by atomic mass is 9.97. The van der Waals surface area contributed by atoms with Gasteiger partial charge in [-0.15, -0.1) is 10.2 Å². The summed E-state index contributed by atoms with van der Waals surface area (Å²) < 4.78 is 65.0. The summed E-state index contributed by atoms with van der Waals surface area (Å²) in [5.74, 6) is -1.77. The number of rotatable bonds is 5. The lowest BCUT2D eigenvalue weighted by molar-refractivity contribution is -0.120. The molecule has 0 atom stereocenters. The number of hydrogen-bond acceptors (Lipinski definition) is 6. The fraction of sp³-hybridized carbons (Fsp3) is 0.400. The molecule has 2 aromatic rings. The highest BCUT2D eigenvalue weighted by atomic mass is 32.2. The molecule has 3 rings (SSSR count). The average Bonchev–Trinajstić information content (AvgIpc) is 3.11. The Balaban J connectivity index is 1.61. The quantitative estimate of drug-likeness (QED) is 0.803. The summed E-state index contributed by atoms with van der Waals surface area (Å²) in [5, 5.41) is 8.67. The number of sulfonamides is 1. The van der Waals surface area contributed by atoms with Crippen LogP contribution in [0.25, 0.3) is 0 Å². The number of nitrogens with zero attached hydrogens (tertiary/aromatic N) is 3. The van der Waals surface area contributed by atoms with E-state index in [-0.39, 0.29) is 31.1 Å². The second-order valence-electron chi connectivity index (χ2n) is 5.84. The van der Waals surface area contributed by atoms with E-state index in [0.717, 1.165) is 10.4 Å². The van der Waals surface area contributed by atoms with Crippen LogP contribution >= 0.6 is 11.3 Å². The minimum absolute atomic E-state index is 0.0308. The number of hydrogen-bond donors (Lipinski definition) is 1. The number of nitrogens with one attached hydrogen (secondary N) is 1. The maximum Gasteiger partial charge on any atom is 0.291 e. The molecule has 2 heterocycles. The van der Waals surface area contributed by atoms with Gasteiger partial charge in [0.1, 0.15) is 10.7 Å². The van der Waals surface area contributed by atoms with Crippen LogP contribution in [0.2, 0.25) is 0 Å². The molecule has 27 heavy (non-hydrogen) atoms. The van der Waals surface area contributed by atoms with E-state index < -0.39 is 44.0 Å². The predicted molar refractivity (Wildman–Crippen MR) is 91.4 cm³/mol. The Morgan fingerprint density at radius 1 is 1.22 bits per heavy atom. The smallest absolute Gasteiger partial charge is 0.291 e. The van der Waals surface area contributed by atoms with Crippen molar-refractivity contribution in [3.8, 4) is 0 Å². The Kier molecular flexibility index (Phi) is 5.77. The van der Waals surface area contributed by atoms with E-state index in [4.69, 9.17) is 0 Å². The fourth-order valence-corrected chi connectivity index (χ4v) is 4.87. The highest BCUT2D eigenvalue weighted by Gasteiger charge is 2.33. The van der Waals surface area contributed by atoms with Crippen LogP contribution in [0.3, 0.4) is 0 Å². The summed E-state index contributed by atoms with van der Waals surface area (Å²) in [6.45, 7) is 0.0975. The summed E-state index contributed by atoms with van der Waals surface area (Å²) in [5.41, 5.74) is 0. The van der Waals surface area contributed by atoms with Crippen molar-refractivity contribution in [2.45, 2.75) is 24.2 Å². The fourth-order valence-electron chi connectivity index (χ4n) is 2.73. The van der Waals surface area contributed by atoms with Gasteiger partial charge >= 0.3 is 0 Å². The van der Waals surface area contributed by atoms with Gasteiger partial charge in [0.05, 0.1) is 0 Å². The van der Waals surface area contributed by atoms with Gasteiger partial charge in [-0.25, -0.2) is 21.6 Å². The van der Waals surface area contributed by atoms with Crippen LogP contribution in [-0.4, -0.2) is 41.9 Å². The number of anilines is 1. The Morgan fingerprint density at radius 2 is 1.89 bits per heavy atom. The third kappa shape index (κ3) is 4.28. The summed E-state index contributed by atoms with van der Waals surface area (Å²) >= 11 is 0.585. The minimum atomic E-state index is -3.98. The van der Waals surface area contributed by atoms with E-state index in [0.29, 0.717) is 11.3 Å². The molecule has 0 aliphatic carbocycles. The maximum absolute atomic E-state index is 13.8. The maximum atomic E-state index is 13.8. The molecule has 0 bridgehead atoms. The number of aromatic nitrogens is 2. The van der Waals surface area contributed by atoms with Crippen molar-refractivity contribution >= 4 is 32.4 Å². The zero-order valence-electron chi connectivity index (χ0n) is 13.8. The first-order chi connectivity index (χ1) is 12.8. The Labute approximate surface area is 157 Å². The van der Waals surface area contributed by atoms with E-state index in [9.17, 15) is 26.4 Å². The normalized spacial score (nSPS) is 16.6. The van der Waals surface area contributed by atoms with Crippen LogP contribution in [0.5, 0.6) is 0 Å². The van der Waals surface area contributed by atoms with E-state index in [2.05, 4.69) is 15.5 Å². The summed E-state index contributed by atoms with van der Waals surface area (Å²) in [4.78, 5) is 11.8. The van der Waals surface area contributed by atoms with Gasteiger partial charge in [-0.3, -0.25) is 4.79 Å². The van der Waals surface area contributed by atoms with E-state index in [1.807, 2.05) is 0 Å². The number of benzene rings is 1. The van der Waals surface area contributed by atoms with Crippen LogP contribution in [0.15, 0.2) is 29.2 Å². The van der Waals surface area contributed by atoms with Crippen LogP contribution in [0.1, 0.15) is 24.3 Å². The molecule has 1 aliphatic heterocycles. The Bertz CT molecular complexity index is 928. The molecular formula is C15H15F3N4O3S2. The van der Waals surface area contributed by atoms with Crippen molar-refractivity contribution in [2.24, 2.45) is 5.92 Å². The van der Waals surface area contributed by atoms with Gasteiger partial charge in [-0.2, -0.15) is 4.31 Å². The summed E-state index contributed by atoms with van der Waals surface area (Å²) in [6.07, 6.45) is -2.32. The van der Waals surface area contributed by atoms with Crippen LogP contribution in [0.4, 0.5) is 18.3 Å². The first-order valence-electron chi connectivity index (χ1n) is 7.96. The van der Waals surface area contributed by atoms with Crippen molar-refractivity contribution in [1.29, 1.82) is 0 Å². The molecule has 1 aromatic heterocycles. The first kappa shape index (κ1) is 19.7. The zero-order valence-corrected chi connectivity index (χ0v) is 15.4. The van der Waals surface area contributed by atoms with Gasteiger partial charge in [0.25, 0.3) is 6.43 Å². The number of carbonyl (C=O) groups excluding carboxylic acids is 1. The molecule has 0 radical (unpaired) electrons.